The summed E-state index contributed by atoms with van der Waals surface area (Å²) in [6, 6.07) is 8.71. The lowest BCUT2D eigenvalue weighted by Crippen LogP contribution is -2.51. The van der Waals surface area contributed by atoms with E-state index in [1.807, 2.05) is 35.2 Å². The van der Waals surface area contributed by atoms with Crippen molar-refractivity contribution in [2.24, 2.45) is 0 Å². The van der Waals surface area contributed by atoms with E-state index in [1.54, 1.807) is 0 Å². The zero-order valence-corrected chi connectivity index (χ0v) is 11.3. The lowest BCUT2D eigenvalue weighted by Gasteiger charge is -2.41. The van der Waals surface area contributed by atoms with Gasteiger partial charge in [-0.15, -0.1) is 0 Å². The third kappa shape index (κ3) is 2.57. The molecule has 20 heavy (non-hydrogen) atoms. The Kier molecular flexibility index (Phi) is 3.74. The lowest BCUT2D eigenvalue weighted by atomic mass is 9.98. The minimum atomic E-state index is -0.828. The van der Waals surface area contributed by atoms with Crippen molar-refractivity contribution in [3.63, 3.8) is 0 Å². The van der Waals surface area contributed by atoms with Gasteiger partial charge in [0, 0.05) is 6.42 Å². The Hall–Kier alpha value is -1.43. The number of benzene rings is 1. The molecule has 1 atom stereocenters. The van der Waals surface area contributed by atoms with Gasteiger partial charge in [0.25, 0.3) is 0 Å². The van der Waals surface area contributed by atoms with Crippen molar-refractivity contribution in [3.8, 4) is 0 Å². The molecular weight excluding hydrogens is 258 g/mol. The topological polar surface area (TPSA) is 59.0 Å². The molecule has 1 aromatic carbocycles. The SMILES string of the molecule is O=C(O)C(c1ccccc1)N1CCCC2(C1)OCCO2. The first-order valence-corrected chi connectivity index (χ1v) is 7.00. The number of aliphatic carboxylic acids is 1. The van der Waals surface area contributed by atoms with E-state index in [0.717, 1.165) is 24.9 Å². The van der Waals surface area contributed by atoms with Crippen molar-refractivity contribution in [1.29, 1.82) is 0 Å². The molecule has 0 amide bonds. The highest BCUT2D eigenvalue weighted by Crippen LogP contribution is 2.34. The van der Waals surface area contributed by atoms with E-state index in [1.165, 1.54) is 0 Å². The Bertz CT molecular complexity index is 470. The van der Waals surface area contributed by atoms with Crippen LogP contribution >= 0.6 is 0 Å². The van der Waals surface area contributed by atoms with Crippen LogP contribution < -0.4 is 0 Å². The van der Waals surface area contributed by atoms with Gasteiger partial charge in [-0.3, -0.25) is 9.69 Å². The molecule has 108 valence electrons. The molecule has 2 saturated heterocycles. The quantitative estimate of drug-likeness (QED) is 0.910. The number of nitrogens with zero attached hydrogens (tertiary/aromatic N) is 1. The van der Waals surface area contributed by atoms with E-state index < -0.39 is 17.8 Å². The predicted octanol–water partition coefficient (Wildman–Crippen LogP) is 1.65. The number of carboxylic acid groups (broad SMARTS) is 1. The molecule has 2 aliphatic heterocycles. The normalized spacial score (nSPS) is 23.8. The molecule has 1 unspecified atom stereocenters. The molecule has 2 heterocycles. The average molecular weight is 277 g/mol. The molecule has 0 aliphatic carbocycles. The fourth-order valence-corrected chi connectivity index (χ4v) is 3.12. The first-order chi connectivity index (χ1) is 9.70. The van der Waals surface area contributed by atoms with Crippen LogP contribution in [0.5, 0.6) is 0 Å². The van der Waals surface area contributed by atoms with Gasteiger partial charge in [-0.25, -0.2) is 0 Å². The van der Waals surface area contributed by atoms with Gasteiger partial charge in [-0.1, -0.05) is 30.3 Å². The smallest absolute Gasteiger partial charge is 0.325 e. The summed E-state index contributed by atoms with van der Waals surface area (Å²) in [6.45, 7) is 2.45. The second-order valence-corrected chi connectivity index (χ2v) is 5.33. The zero-order chi connectivity index (χ0) is 14.0. The van der Waals surface area contributed by atoms with Crippen LogP contribution in [-0.2, 0) is 14.3 Å². The number of ether oxygens (including phenoxy) is 2. The maximum Gasteiger partial charge on any atom is 0.325 e. The van der Waals surface area contributed by atoms with Crippen molar-refractivity contribution in [2.75, 3.05) is 26.3 Å². The Balaban J connectivity index is 1.83. The molecule has 0 bridgehead atoms. The molecule has 1 N–H and O–H groups in total. The standard InChI is InChI=1S/C15H19NO4/c17-14(18)13(12-5-2-1-3-6-12)16-8-4-7-15(11-16)19-9-10-20-15/h1-3,5-6,13H,4,7-11H2,(H,17,18). The molecule has 5 heteroatoms. The van der Waals surface area contributed by atoms with Crippen molar-refractivity contribution in [1.82, 2.24) is 4.90 Å². The van der Waals surface area contributed by atoms with Crippen molar-refractivity contribution >= 4 is 5.97 Å². The molecule has 1 spiro atoms. The zero-order valence-electron chi connectivity index (χ0n) is 11.3. The second kappa shape index (κ2) is 5.52. The molecule has 5 nitrogen and oxygen atoms in total. The number of likely N-dealkylation sites (tertiary alicyclic amines) is 1. The average Bonchev–Trinajstić information content (AvgIpc) is 2.88. The number of carbonyl (C=O) groups is 1. The summed E-state index contributed by atoms with van der Waals surface area (Å²) in [7, 11) is 0. The summed E-state index contributed by atoms with van der Waals surface area (Å²) in [6.07, 6.45) is 1.72. The van der Waals surface area contributed by atoms with Gasteiger partial charge in [0.05, 0.1) is 19.8 Å². The van der Waals surface area contributed by atoms with Crippen molar-refractivity contribution < 1.29 is 19.4 Å². The fraction of sp³-hybridized carbons (Fsp3) is 0.533. The number of hydrogen-bond donors (Lipinski definition) is 1. The van der Waals surface area contributed by atoms with Gasteiger partial charge in [0.2, 0.25) is 0 Å². The van der Waals surface area contributed by atoms with Crippen LogP contribution in [0.1, 0.15) is 24.4 Å². The first kappa shape index (κ1) is 13.5. The number of rotatable bonds is 3. The molecule has 1 aromatic rings. The highest BCUT2D eigenvalue weighted by Gasteiger charge is 2.44. The highest BCUT2D eigenvalue weighted by molar-refractivity contribution is 5.75. The van der Waals surface area contributed by atoms with Crippen LogP contribution in [-0.4, -0.2) is 48.1 Å². The third-order valence-corrected chi connectivity index (χ3v) is 3.97. The van der Waals surface area contributed by atoms with Gasteiger partial charge in [-0.05, 0) is 18.5 Å². The van der Waals surface area contributed by atoms with Crippen LogP contribution in [0.25, 0.3) is 0 Å². The van der Waals surface area contributed by atoms with Crippen molar-refractivity contribution in [3.05, 3.63) is 35.9 Å². The van der Waals surface area contributed by atoms with E-state index in [0.29, 0.717) is 19.8 Å². The Morgan fingerprint density at radius 3 is 2.60 bits per heavy atom. The van der Waals surface area contributed by atoms with Gasteiger partial charge < -0.3 is 14.6 Å². The minimum absolute atomic E-state index is 0.513. The van der Waals surface area contributed by atoms with E-state index in [9.17, 15) is 9.90 Å². The molecule has 2 aliphatic rings. The Labute approximate surface area is 118 Å². The summed E-state index contributed by atoms with van der Waals surface area (Å²) in [5.41, 5.74) is 0.801. The van der Waals surface area contributed by atoms with Gasteiger partial charge in [0.15, 0.2) is 5.79 Å². The maximum absolute atomic E-state index is 11.7. The number of hydrogen-bond acceptors (Lipinski definition) is 4. The number of piperidine rings is 1. The van der Waals surface area contributed by atoms with E-state index in [4.69, 9.17) is 9.47 Å². The molecule has 3 rings (SSSR count). The van der Waals surface area contributed by atoms with Crippen LogP contribution in [0, 0.1) is 0 Å². The molecule has 0 saturated carbocycles. The van der Waals surface area contributed by atoms with Crippen LogP contribution in [0.3, 0.4) is 0 Å². The second-order valence-electron chi connectivity index (χ2n) is 5.33. The van der Waals surface area contributed by atoms with Gasteiger partial charge in [0.1, 0.15) is 6.04 Å². The summed E-state index contributed by atoms with van der Waals surface area (Å²) in [5, 5.41) is 9.59. The van der Waals surface area contributed by atoms with Gasteiger partial charge >= 0.3 is 5.97 Å². The minimum Gasteiger partial charge on any atom is -0.480 e. The summed E-state index contributed by atoms with van der Waals surface area (Å²) in [5.74, 6) is -1.42. The van der Waals surface area contributed by atoms with Gasteiger partial charge in [-0.2, -0.15) is 0 Å². The predicted molar refractivity (Wildman–Crippen MR) is 72.3 cm³/mol. The van der Waals surface area contributed by atoms with E-state index in [2.05, 4.69) is 0 Å². The lowest BCUT2D eigenvalue weighted by molar-refractivity contribution is -0.196. The third-order valence-electron chi connectivity index (χ3n) is 3.97. The van der Waals surface area contributed by atoms with Crippen LogP contribution in [0.15, 0.2) is 30.3 Å². The van der Waals surface area contributed by atoms with Crippen LogP contribution in [0.4, 0.5) is 0 Å². The molecule has 2 fully saturated rings. The van der Waals surface area contributed by atoms with Crippen LogP contribution in [0.2, 0.25) is 0 Å². The highest BCUT2D eigenvalue weighted by atomic mass is 16.7. The maximum atomic E-state index is 11.7. The number of carboxylic acids is 1. The molecule has 0 radical (unpaired) electrons. The van der Waals surface area contributed by atoms with Crippen molar-refractivity contribution in [2.45, 2.75) is 24.7 Å². The summed E-state index contributed by atoms with van der Waals surface area (Å²) in [4.78, 5) is 13.6. The van der Waals surface area contributed by atoms with E-state index >= 15 is 0 Å². The Morgan fingerprint density at radius 1 is 1.25 bits per heavy atom. The molecular formula is C15H19NO4. The largest absolute Gasteiger partial charge is 0.480 e. The summed E-state index contributed by atoms with van der Waals surface area (Å²) < 4.78 is 11.4. The Morgan fingerprint density at radius 2 is 1.95 bits per heavy atom. The first-order valence-electron chi connectivity index (χ1n) is 7.00. The van der Waals surface area contributed by atoms with E-state index in [-0.39, 0.29) is 0 Å². The summed E-state index contributed by atoms with van der Waals surface area (Å²) >= 11 is 0. The fourth-order valence-electron chi connectivity index (χ4n) is 3.12. The molecule has 0 aromatic heterocycles. The monoisotopic (exact) mass is 277 g/mol.